The lowest BCUT2D eigenvalue weighted by Gasteiger charge is -2.43. The molecule has 0 saturated carbocycles. The summed E-state index contributed by atoms with van der Waals surface area (Å²) in [5.74, 6) is -2.54. The van der Waals surface area contributed by atoms with Crippen LogP contribution in [0.25, 0.3) is 6.08 Å². The summed E-state index contributed by atoms with van der Waals surface area (Å²) < 4.78 is 10.7. The van der Waals surface area contributed by atoms with Crippen LogP contribution in [0.3, 0.4) is 0 Å². The zero-order chi connectivity index (χ0) is 25.3. The molecule has 3 amide bonds. The van der Waals surface area contributed by atoms with Crippen molar-refractivity contribution in [2.75, 3.05) is 7.11 Å². The van der Waals surface area contributed by atoms with E-state index in [9.17, 15) is 24.5 Å². The highest BCUT2D eigenvalue weighted by Crippen LogP contribution is 2.51. The summed E-state index contributed by atoms with van der Waals surface area (Å²) in [5.41, 5.74) is 3.93. The first-order chi connectivity index (χ1) is 16.8. The van der Waals surface area contributed by atoms with Crippen LogP contribution in [0.1, 0.15) is 51.5 Å². The number of carbonyl (C=O) groups is 3. The van der Waals surface area contributed by atoms with Crippen LogP contribution in [0, 0.1) is 17.8 Å². The van der Waals surface area contributed by atoms with Gasteiger partial charge in [0, 0.05) is 5.56 Å². The van der Waals surface area contributed by atoms with Gasteiger partial charge in [-0.15, -0.1) is 0 Å². The van der Waals surface area contributed by atoms with E-state index >= 15 is 0 Å². The summed E-state index contributed by atoms with van der Waals surface area (Å²) in [6, 6.07) is 7.16. The largest absolute Gasteiger partial charge is 0.507 e. The Morgan fingerprint density at radius 2 is 1.97 bits per heavy atom. The van der Waals surface area contributed by atoms with Crippen LogP contribution in [0.2, 0.25) is 6.32 Å². The zero-order valence-corrected chi connectivity index (χ0v) is 20.4. The standard InChI is InChI=1S/C26H32BNO7/c1-4-15(12-17-8-6-7-9-20(17)29)10-11-21-22-16(5-2)13-18-23(19(22)14-27(33)35-21)25(31)28(24(18)30)26(32)34-3/h6-9,12,18-19,21,23,29,33H,4-5,10-11,13-14H2,1-3H3/b15-12+/t18-,19+,21-,23-/m1/s1. The SMILES string of the molecule is CCC1=C2[C@@H](CC/C(=C/c3ccccc3O)CC)OB(O)C[C@@H]2[C@@H]2C(=O)N(C(=O)OC)C(=O)[C@@H]2C1. The molecule has 0 unspecified atom stereocenters. The summed E-state index contributed by atoms with van der Waals surface area (Å²) in [6.45, 7) is 4.06. The molecule has 2 heterocycles. The number of ether oxygens (including phenoxy) is 1. The Balaban J connectivity index is 1.61. The second kappa shape index (κ2) is 10.4. The number of rotatable bonds is 6. The van der Waals surface area contributed by atoms with Crippen molar-refractivity contribution in [3.05, 3.63) is 46.5 Å². The van der Waals surface area contributed by atoms with Gasteiger partial charge < -0.3 is 19.5 Å². The van der Waals surface area contributed by atoms with Crippen molar-refractivity contribution in [2.24, 2.45) is 17.8 Å². The Morgan fingerprint density at radius 1 is 1.23 bits per heavy atom. The van der Waals surface area contributed by atoms with E-state index in [1.807, 2.05) is 25.1 Å². The number of likely N-dealkylation sites (tertiary alicyclic amines) is 1. The molecule has 1 aromatic carbocycles. The van der Waals surface area contributed by atoms with E-state index in [-0.39, 0.29) is 18.0 Å². The van der Waals surface area contributed by atoms with Crippen LogP contribution in [0.4, 0.5) is 4.79 Å². The molecule has 4 atom stereocenters. The molecule has 1 aliphatic carbocycles. The zero-order valence-electron chi connectivity index (χ0n) is 20.4. The van der Waals surface area contributed by atoms with Gasteiger partial charge in [-0.1, -0.05) is 49.3 Å². The predicted octanol–water partition coefficient (Wildman–Crippen LogP) is 3.94. The lowest BCUT2D eigenvalue weighted by Crippen LogP contribution is -2.46. The van der Waals surface area contributed by atoms with Crippen molar-refractivity contribution >= 4 is 31.1 Å². The van der Waals surface area contributed by atoms with E-state index in [4.69, 9.17) is 4.65 Å². The molecule has 0 bridgehead atoms. The van der Waals surface area contributed by atoms with Crippen molar-refractivity contribution in [1.29, 1.82) is 0 Å². The number of amides is 3. The quantitative estimate of drug-likeness (QED) is 0.360. The molecule has 8 nitrogen and oxygen atoms in total. The minimum Gasteiger partial charge on any atom is -0.507 e. The molecule has 1 aromatic rings. The third-order valence-corrected chi connectivity index (χ3v) is 7.57. The molecular formula is C26H32BNO7. The molecule has 3 aliphatic rings. The Labute approximate surface area is 205 Å². The fraction of sp³-hybridized carbons (Fsp3) is 0.500. The van der Waals surface area contributed by atoms with Crippen molar-refractivity contribution in [1.82, 2.24) is 4.90 Å². The first-order valence-electron chi connectivity index (χ1n) is 12.3. The van der Waals surface area contributed by atoms with Crippen molar-refractivity contribution in [3.8, 4) is 5.75 Å². The van der Waals surface area contributed by atoms with Gasteiger partial charge in [-0.3, -0.25) is 9.59 Å². The number of para-hydroxylation sites is 1. The summed E-state index contributed by atoms with van der Waals surface area (Å²) in [7, 11) is 0.0850. The molecule has 35 heavy (non-hydrogen) atoms. The highest BCUT2D eigenvalue weighted by molar-refractivity contribution is 6.43. The number of fused-ring (bicyclic) bond motifs is 3. The summed E-state index contributed by atoms with van der Waals surface area (Å²) >= 11 is 0. The van der Waals surface area contributed by atoms with Gasteiger partial charge in [0.05, 0.1) is 25.0 Å². The van der Waals surface area contributed by atoms with E-state index in [0.717, 1.165) is 35.8 Å². The third-order valence-electron chi connectivity index (χ3n) is 7.57. The van der Waals surface area contributed by atoms with E-state index in [0.29, 0.717) is 30.6 Å². The van der Waals surface area contributed by atoms with E-state index in [1.165, 1.54) is 0 Å². The van der Waals surface area contributed by atoms with E-state index in [2.05, 4.69) is 11.7 Å². The average molecular weight is 481 g/mol. The molecule has 0 radical (unpaired) electrons. The van der Waals surface area contributed by atoms with Gasteiger partial charge in [0.2, 0.25) is 11.8 Å². The second-order valence-electron chi connectivity index (χ2n) is 9.41. The molecule has 186 valence electrons. The monoisotopic (exact) mass is 481 g/mol. The number of hydrogen-bond donors (Lipinski definition) is 2. The number of methoxy groups -OCH3 is 1. The van der Waals surface area contributed by atoms with E-state index in [1.54, 1.807) is 12.1 Å². The molecule has 2 aliphatic heterocycles. The molecule has 2 N–H and O–H groups in total. The van der Waals surface area contributed by atoms with Crippen LogP contribution in [-0.4, -0.2) is 53.3 Å². The van der Waals surface area contributed by atoms with Crippen molar-refractivity contribution in [2.45, 2.75) is 58.4 Å². The fourth-order valence-electron chi connectivity index (χ4n) is 5.87. The number of hydrogen-bond acceptors (Lipinski definition) is 7. The number of allylic oxidation sites excluding steroid dienone is 2. The van der Waals surface area contributed by atoms with Gasteiger partial charge in [-0.25, -0.2) is 4.79 Å². The van der Waals surface area contributed by atoms with Gasteiger partial charge in [0.25, 0.3) is 0 Å². The Hall–Kier alpha value is -2.91. The highest BCUT2D eigenvalue weighted by atomic mass is 16.5. The van der Waals surface area contributed by atoms with Crippen LogP contribution >= 0.6 is 0 Å². The van der Waals surface area contributed by atoms with Gasteiger partial charge in [-0.2, -0.15) is 4.90 Å². The molecule has 0 aromatic heterocycles. The Kier molecular flexibility index (Phi) is 7.47. The summed E-state index contributed by atoms with van der Waals surface area (Å²) in [5, 5.41) is 20.7. The highest BCUT2D eigenvalue weighted by Gasteiger charge is 2.58. The lowest BCUT2D eigenvalue weighted by molar-refractivity contribution is -0.137. The second-order valence-corrected chi connectivity index (χ2v) is 9.41. The maximum Gasteiger partial charge on any atom is 0.455 e. The Bertz CT molecular complexity index is 1080. The Morgan fingerprint density at radius 3 is 2.63 bits per heavy atom. The average Bonchev–Trinajstić information content (AvgIpc) is 3.11. The van der Waals surface area contributed by atoms with Gasteiger partial charge in [0.1, 0.15) is 5.75 Å². The number of phenols is 1. The number of phenolic OH excluding ortho intramolecular Hbond substituents is 1. The van der Waals surface area contributed by atoms with Crippen LogP contribution in [0.5, 0.6) is 5.75 Å². The van der Waals surface area contributed by atoms with Crippen LogP contribution in [-0.2, 0) is 19.0 Å². The fourth-order valence-corrected chi connectivity index (χ4v) is 5.87. The minimum atomic E-state index is -1.06. The van der Waals surface area contributed by atoms with Gasteiger partial charge in [0.15, 0.2) is 0 Å². The maximum absolute atomic E-state index is 13.2. The topological polar surface area (TPSA) is 113 Å². The van der Waals surface area contributed by atoms with Crippen LogP contribution in [0.15, 0.2) is 41.0 Å². The predicted molar refractivity (Wildman–Crippen MR) is 130 cm³/mol. The number of aromatic hydroxyl groups is 1. The summed E-state index contributed by atoms with van der Waals surface area (Å²) in [6.07, 6.45) is 4.00. The number of carbonyl (C=O) groups excluding carboxylic acids is 3. The van der Waals surface area contributed by atoms with Gasteiger partial charge >= 0.3 is 13.2 Å². The van der Waals surface area contributed by atoms with Gasteiger partial charge in [-0.05, 0) is 56.0 Å². The molecular weight excluding hydrogens is 449 g/mol. The first kappa shape index (κ1) is 25.2. The number of imide groups is 3. The molecule has 4 rings (SSSR count). The van der Waals surface area contributed by atoms with Crippen LogP contribution < -0.4 is 0 Å². The normalized spacial score (nSPS) is 26.7. The molecule has 2 fully saturated rings. The molecule has 0 spiro atoms. The minimum absolute atomic E-state index is 0.207. The van der Waals surface area contributed by atoms with Crippen molar-refractivity contribution < 1.29 is 33.9 Å². The van der Waals surface area contributed by atoms with E-state index < -0.39 is 43.0 Å². The maximum atomic E-state index is 13.2. The molecule has 9 heteroatoms. The number of nitrogens with zero attached hydrogens (tertiary/aromatic N) is 1. The lowest BCUT2D eigenvalue weighted by atomic mass is 9.58. The first-order valence-corrected chi connectivity index (χ1v) is 12.3. The van der Waals surface area contributed by atoms with Crippen molar-refractivity contribution in [3.63, 3.8) is 0 Å². The molecule has 2 saturated heterocycles. The third kappa shape index (κ3) is 4.67. The summed E-state index contributed by atoms with van der Waals surface area (Å²) in [4.78, 5) is 38.9. The number of benzene rings is 1. The smallest absolute Gasteiger partial charge is 0.455 e.